The number of rotatable bonds is 2. The Morgan fingerprint density at radius 1 is 1.00 bits per heavy atom. The van der Waals surface area contributed by atoms with Crippen LogP contribution in [-0.2, 0) is 19.6 Å². The maximum Gasteiger partial charge on any atom is 0.0702 e. The Labute approximate surface area is 124 Å². The molecule has 0 saturated carbocycles. The predicted molar refractivity (Wildman–Crippen MR) is 85.5 cm³/mol. The number of nitrogens with two attached hydrogens (primary N) is 1. The minimum Gasteiger partial charge on any atom is -0.399 e. The number of pyridine rings is 1. The molecule has 0 fully saturated rings. The van der Waals surface area contributed by atoms with E-state index in [1.54, 1.807) is 0 Å². The van der Waals surface area contributed by atoms with E-state index >= 15 is 0 Å². The zero-order chi connectivity index (χ0) is 14.2. The van der Waals surface area contributed by atoms with Crippen LogP contribution in [0.4, 0.5) is 5.69 Å². The van der Waals surface area contributed by atoms with Crippen molar-refractivity contribution in [3.8, 4) is 0 Å². The molecule has 3 nitrogen and oxygen atoms in total. The lowest BCUT2D eigenvalue weighted by Crippen LogP contribution is -2.15. The molecule has 0 radical (unpaired) electrons. The largest absolute Gasteiger partial charge is 0.399 e. The second-order valence-corrected chi connectivity index (χ2v) is 5.70. The molecule has 0 aliphatic carbocycles. The summed E-state index contributed by atoms with van der Waals surface area (Å²) < 4.78 is 0. The van der Waals surface area contributed by atoms with Crippen molar-refractivity contribution < 1.29 is 0 Å². The Hall–Kier alpha value is -2.39. The van der Waals surface area contributed by atoms with Crippen molar-refractivity contribution in [2.75, 3.05) is 5.73 Å². The molecular formula is C18H17N3. The monoisotopic (exact) mass is 275 g/mol. The summed E-state index contributed by atoms with van der Waals surface area (Å²) >= 11 is 0. The second kappa shape index (κ2) is 4.86. The van der Waals surface area contributed by atoms with Gasteiger partial charge in [-0.05, 0) is 47.0 Å². The highest BCUT2D eigenvalue weighted by atomic mass is 15.1. The maximum atomic E-state index is 5.87. The Kier molecular flexibility index (Phi) is 2.86. The molecule has 2 N–H and O–H groups in total. The SMILES string of the molecule is Nc1ccc2c(c1)CN(Cc1ccc3ncccc3c1)C2. The smallest absolute Gasteiger partial charge is 0.0702 e. The van der Waals surface area contributed by atoms with Gasteiger partial charge in [0, 0.05) is 36.9 Å². The van der Waals surface area contributed by atoms with Gasteiger partial charge in [0.25, 0.3) is 0 Å². The van der Waals surface area contributed by atoms with Gasteiger partial charge in [-0.3, -0.25) is 9.88 Å². The minimum atomic E-state index is 0.854. The molecule has 2 heterocycles. The fourth-order valence-corrected chi connectivity index (χ4v) is 3.08. The highest BCUT2D eigenvalue weighted by Crippen LogP contribution is 2.26. The van der Waals surface area contributed by atoms with E-state index in [2.05, 4.69) is 46.3 Å². The number of nitrogen functional groups attached to an aromatic ring is 1. The quantitative estimate of drug-likeness (QED) is 0.729. The Morgan fingerprint density at radius 2 is 1.90 bits per heavy atom. The highest BCUT2D eigenvalue weighted by Gasteiger charge is 2.18. The van der Waals surface area contributed by atoms with Crippen LogP contribution in [0, 0.1) is 0 Å². The number of aromatic nitrogens is 1. The standard InChI is InChI=1S/C18H17N3/c19-17-5-4-15-11-21(12-16(15)9-17)10-13-3-6-18-14(8-13)2-1-7-20-18/h1-9H,10-12,19H2. The predicted octanol–water partition coefficient (Wildman–Crippen LogP) is 3.33. The van der Waals surface area contributed by atoms with Gasteiger partial charge in [0.05, 0.1) is 5.52 Å². The molecule has 0 atom stereocenters. The van der Waals surface area contributed by atoms with Crippen LogP contribution in [0.25, 0.3) is 10.9 Å². The zero-order valence-corrected chi connectivity index (χ0v) is 11.8. The highest BCUT2D eigenvalue weighted by molar-refractivity contribution is 5.78. The molecule has 0 bridgehead atoms. The van der Waals surface area contributed by atoms with Crippen LogP contribution in [0.15, 0.2) is 54.7 Å². The van der Waals surface area contributed by atoms with Gasteiger partial charge in [0.1, 0.15) is 0 Å². The maximum absolute atomic E-state index is 5.87. The number of benzene rings is 2. The number of hydrogen-bond donors (Lipinski definition) is 1. The minimum absolute atomic E-state index is 0.854. The molecule has 2 aromatic carbocycles. The molecule has 0 amide bonds. The molecule has 3 aromatic rings. The van der Waals surface area contributed by atoms with E-state index in [0.717, 1.165) is 30.8 Å². The first-order valence-electron chi connectivity index (χ1n) is 7.21. The van der Waals surface area contributed by atoms with Gasteiger partial charge in [-0.2, -0.15) is 0 Å². The normalized spacial score (nSPS) is 14.5. The fraction of sp³-hybridized carbons (Fsp3) is 0.167. The second-order valence-electron chi connectivity index (χ2n) is 5.70. The van der Waals surface area contributed by atoms with Crippen molar-refractivity contribution in [3.05, 3.63) is 71.4 Å². The van der Waals surface area contributed by atoms with Crippen LogP contribution < -0.4 is 5.73 Å². The van der Waals surface area contributed by atoms with Crippen molar-refractivity contribution in [1.82, 2.24) is 9.88 Å². The van der Waals surface area contributed by atoms with Crippen LogP contribution >= 0.6 is 0 Å². The van der Waals surface area contributed by atoms with Gasteiger partial charge < -0.3 is 5.73 Å². The molecule has 1 aromatic heterocycles. The summed E-state index contributed by atoms with van der Waals surface area (Å²) in [5.41, 5.74) is 11.9. The van der Waals surface area contributed by atoms with E-state index in [9.17, 15) is 0 Å². The first-order chi connectivity index (χ1) is 10.3. The van der Waals surface area contributed by atoms with E-state index in [1.807, 2.05) is 18.3 Å². The summed E-state index contributed by atoms with van der Waals surface area (Å²) in [6.07, 6.45) is 1.84. The van der Waals surface area contributed by atoms with Gasteiger partial charge in [-0.1, -0.05) is 18.2 Å². The van der Waals surface area contributed by atoms with Crippen LogP contribution in [0.5, 0.6) is 0 Å². The van der Waals surface area contributed by atoms with Gasteiger partial charge in [0.2, 0.25) is 0 Å². The average Bonchev–Trinajstić information content (AvgIpc) is 2.88. The summed E-state index contributed by atoms with van der Waals surface area (Å²) in [5, 5.41) is 1.20. The molecule has 1 aliphatic heterocycles. The van der Waals surface area contributed by atoms with Gasteiger partial charge in [-0.25, -0.2) is 0 Å². The average molecular weight is 275 g/mol. The third kappa shape index (κ3) is 2.36. The van der Waals surface area contributed by atoms with E-state index in [1.165, 1.54) is 22.1 Å². The summed E-state index contributed by atoms with van der Waals surface area (Å²) in [5.74, 6) is 0. The van der Waals surface area contributed by atoms with Crippen LogP contribution in [0.1, 0.15) is 16.7 Å². The molecule has 0 unspecified atom stereocenters. The van der Waals surface area contributed by atoms with E-state index in [0.29, 0.717) is 0 Å². The molecule has 1 aliphatic rings. The summed E-state index contributed by atoms with van der Waals surface area (Å²) in [6, 6.07) is 16.8. The molecule has 4 rings (SSSR count). The van der Waals surface area contributed by atoms with Crippen molar-refractivity contribution in [1.29, 1.82) is 0 Å². The third-order valence-corrected chi connectivity index (χ3v) is 4.09. The molecule has 104 valence electrons. The van der Waals surface area contributed by atoms with Crippen LogP contribution in [0.2, 0.25) is 0 Å². The third-order valence-electron chi connectivity index (χ3n) is 4.09. The number of fused-ring (bicyclic) bond motifs is 2. The van der Waals surface area contributed by atoms with Crippen LogP contribution in [-0.4, -0.2) is 9.88 Å². The number of nitrogens with zero attached hydrogens (tertiary/aromatic N) is 2. The first-order valence-corrected chi connectivity index (χ1v) is 7.21. The lowest BCUT2D eigenvalue weighted by molar-refractivity contribution is 0.275. The Balaban J connectivity index is 1.56. The number of anilines is 1. The first kappa shape index (κ1) is 12.4. The summed E-state index contributed by atoms with van der Waals surface area (Å²) in [6.45, 7) is 2.94. The van der Waals surface area contributed by atoms with Crippen LogP contribution in [0.3, 0.4) is 0 Å². The van der Waals surface area contributed by atoms with Gasteiger partial charge in [-0.15, -0.1) is 0 Å². The topological polar surface area (TPSA) is 42.1 Å². The Morgan fingerprint density at radius 3 is 2.86 bits per heavy atom. The van der Waals surface area contributed by atoms with Crippen molar-refractivity contribution in [2.45, 2.75) is 19.6 Å². The molecule has 0 spiro atoms. The summed E-state index contributed by atoms with van der Waals surface area (Å²) in [4.78, 5) is 6.81. The van der Waals surface area contributed by atoms with E-state index in [4.69, 9.17) is 5.73 Å². The fourth-order valence-electron chi connectivity index (χ4n) is 3.08. The number of hydrogen-bond acceptors (Lipinski definition) is 3. The van der Waals surface area contributed by atoms with E-state index in [-0.39, 0.29) is 0 Å². The van der Waals surface area contributed by atoms with Gasteiger partial charge in [0.15, 0.2) is 0 Å². The molecule has 3 heteroatoms. The van der Waals surface area contributed by atoms with Gasteiger partial charge >= 0.3 is 0 Å². The summed E-state index contributed by atoms with van der Waals surface area (Å²) in [7, 11) is 0. The Bertz CT molecular complexity index is 810. The zero-order valence-electron chi connectivity index (χ0n) is 11.8. The molecule has 0 saturated heterocycles. The lowest BCUT2D eigenvalue weighted by atomic mass is 10.1. The van der Waals surface area contributed by atoms with Crippen molar-refractivity contribution in [2.24, 2.45) is 0 Å². The molecular weight excluding hydrogens is 258 g/mol. The molecule has 21 heavy (non-hydrogen) atoms. The van der Waals surface area contributed by atoms with Crippen molar-refractivity contribution >= 4 is 16.6 Å². The van der Waals surface area contributed by atoms with Crippen molar-refractivity contribution in [3.63, 3.8) is 0 Å². The lowest BCUT2D eigenvalue weighted by Gasteiger charge is -2.15. The van der Waals surface area contributed by atoms with E-state index < -0.39 is 0 Å².